The number of hydrogen-bond donors (Lipinski definition) is 2. The van der Waals surface area contributed by atoms with E-state index in [1.54, 1.807) is 6.92 Å². The second kappa shape index (κ2) is 5.74. The number of carbonyl (C=O) groups is 2. The molecule has 0 aliphatic heterocycles. The highest BCUT2D eigenvalue weighted by molar-refractivity contribution is 5.95. The Labute approximate surface area is 98.7 Å². The Balaban J connectivity index is 2.90. The molecule has 0 bridgehead atoms. The molecule has 1 amide bonds. The van der Waals surface area contributed by atoms with Crippen LogP contribution >= 0.6 is 0 Å². The van der Waals surface area contributed by atoms with Crippen LogP contribution in [0.25, 0.3) is 0 Å². The molecule has 6 heteroatoms. The largest absolute Gasteiger partial charge is 0.465 e. The van der Waals surface area contributed by atoms with Crippen molar-refractivity contribution in [2.45, 2.75) is 6.92 Å². The molecule has 3 N–H and O–H groups in total. The van der Waals surface area contributed by atoms with Crippen molar-refractivity contribution < 1.29 is 19.1 Å². The number of carbonyl (C=O) groups excluding carboxylic acids is 2. The third kappa shape index (κ3) is 3.37. The SMILES string of the molecule is CCOC(=O)Nc1cc(C(=O)OC)ccc1N. The number of amides is 1. The Kier molecular flexibility index (Phi) is 4.33. The molecule has 0 fully saturated rings. The van der Waals surface area contributed by atoms with E-state index in [1.807, 2.05) is 0 Å². The molecule has 0 aliphatic rings. The van der Waals surface area contributed by atoms with Gasteiger partial charge in [0.15, 0.2) is 0 Å². The van der Waals surface area contributed by atoms with Crippen molar-refractivity contribution in [3.8, 4) is 0 Å². The Morgan fingerprint density at radius 1 is 1.41 bits per heavy atom. The number of nitrogens with two attached hydrogens (primary N) is 1. The average molecular weight is 238 g/mol. The fourth-order valence-corrected chi connectivity index (χ4v) is 1.19. The smallest absolute Gasteiger partial charge is 0.411 e. The molecular formula is C11H14N2O4. The number of rotatable bonds is 3. The van der Waals surface area contributed by atoms with Crippen LogP contribution in [0.2, 0.25) is 0 Å². The molecule has 0 saturated carbocycles. The van der Waals surface area contributed by atoms with Gasteiger partial charge in [-0.1, -0.05) is 0 Å². The highest BCUT2D eigenvalue weighted by Gasteiger charge is 2.10. The molecule has 17 heavy (non-hydrogen) atoms. The summed E-state index contributed by atoms with van der Waals surface area (Å²) in [5.74, 6) is -0.503. The van der Waals surface area contributed by atoms with Gasteiger partial charge in [0.2, 0.25) is 0 Å². The normalized spacial score (nSPS) is 9.53. The average Bonchev–Trinajstić information content (AvgIpc) is 2.31. The molecule has 1 rings (SSSR count). The summed E-state index contributed by atoms with van der Waals surface area (Å²) in [6.07, 6.45) is -0.624. The topological polar surface area (TPSA) is 90.6 Å². The van der Waals surface area contributed by atoms with Gasteiger partial charge in [-0.3, -0.25) is 5.32 Å². The maximum absolute atomic E-state index is 11.3. The minimum absolute atomic E-state index is 0.252. The van der Waals surface area contributed by atoms with Crippen LogP contribution < -0.4 is 11.1 Å². The van der Waals surface area contributed by atoms with Crippen molar-refractivity contribution in [3.05, 3.63) is 23.8 Å². The van der Waals surface area contributed by atoms with Crippen LogP contribution in [0.5, 0.6) is 0 Å². The number of anilines is 2. The number of methoxy groups -OCH3 is 1. The standard InChI is InChI=1S/C11H14N2O4/c1-3-17-11(15)13-9-6-7(10(14)16-2)4-5-8(9)12/h4-6H,3,12H2,1-2H3,(H,13,15). The Hall–Kier alpha value is -2.24. The van der Waals surface area contributed by atoms with Gasteiger partial charge in [0.05, 0.1) is 30.7 Å². The van der Waals surface area contributed by atoms with Gasteiger partial charge in [-0.2, -0.15) is 0 Å². The third-order valence-corrected chi connectivity index (χ3v) is 1.99. The van der Waals surface area contributed by atoms with Crippen molar-refractivity contribution >= 4 is 23.4 Å². The summed E-state index contributed by atoms with van der Waals surface area (Å²) in [6, 6.07) is 4.45. The number of ether oxygens (including phenoxy) is 2. The van der Waals surface area contributed by atoms with E-state index in [4.69, 9.17) is 10.5 Å². The first-order chi connectivity index (χ1) is 8.08. The summed E-state index contributed by atoms with van der Waals surface area (Å²) < 4.78 is 9.27. The molecule has 0 spiro atoms. The van der Waals surface area contributed by atoms with Crippen molar-refractivity contribution in [1.29, 1.82) is 0 Å². The van der Waals surface area contributed by atoms with E-state index in [-0.39, 0.29) is 6.61 Å². The van der Waals surface area contributed by atoms with E-state index >= 15 is 0 Å². The number of nitrogens with one attached hydrogen (secondary N) is 1. The van der Waals surface area contributed by atoms with Gasteiger partial charge < -0.3 is 15.2 Å². The third-order valence-electron chi connectivity index (χ3n) is 1.99. The molecule has 0 aromatic heterocycles. The van der Waals surface area contributed by atoms with Gasteiger partial charge in [0, 0.05) is 0 Å². The van der Waals surface area contributed by atoms with Gasteiger partial charge in [0.1, 0.15) is 0 Å². The van der Waals surface area contributed by atoms with E-state index in [2.05, 4.69) is 10.1 Å². The molecule has 1 aromatic carbocycles. The van der Waals surface area contributed by atoms with Crippen LogP contribution in [0.3, 0.4) is 0 Å². The maximum atomic E-state index is 11.3. The second-order valence-corrected chi connectivity index (χ2v) is 3.14. The van der Waals surface area contributed by atoms with Crippen LogP contribution in [-0.4, -0.2) is 25.8 Å². The molecule has 0 unspecified atom stereocenters. The van der Waals surface area contributed by atoms with E-state index in [9.17, 15) is 9.59 Å². The molecule has 0 atom stereocenters. The fourth-order valence-electron chi connectivity index (χ4n) is 1.19. The Bertz CT molecular complexity index is 431. The predicted molar refractivity (Wildman–Crippen MR) is 62.8 cm³/mol. The summed E-state index contributed by atoms with van der Waals surface area (Å²) in [7, 11) is 1.27. The monoisotopic (exact) mass is 238 g/mol. The first-order valence-corrected chi connectivity index (χ1v) is 5.00. The van der Waals surface area contributed by atoms with E-state index in [0.29, 0.717) is 16.9 Å². The molecule has 0 heterocycles. The number of esters is 1. The Morgan fingerprint density at radius 2 is 2.12 bits per heavy atom. The molecule has 1 aromatic rings. The lowest BCUT2D eigenvalue weighted by atomic mass is 10.2. The first-order valence-electron chi connectivity index (χ1n) is 5.00. The number of benzene rings is 1. The summed E-state index contributed by atoms with van der Waals surface area (Å²) in [5.41, 5.74) is 6.60. The van der Waals surface area contributed by atoms with Crippen molar-refractivity contribution in [1.82, 2.24) is 0 Å². The molecular weight excluding hydrogens is 224 g/mol. The van der Waals surface area contributed by atoms with Gasteiger partial charge in [-0.05, 0) is 25.1 Å². The number of hydrogen-bond acceptors (Lipinski definition) is 5. The van der Waals surface area contributed by atoms with Crippen LogP contribution in [0, 0.1) is 0 Å². The van der Waals surface area contributed by atoms with Crippen LogP contribution in [0.4, 0.5) is 16.2 Å². The predicted octanol–water partition coefficient (Wildman–Crippen LogP) is 1.62. The fraction of sp³-hybridized carbons (Fsp3) is 0.273. The minimum Gasteiger partial charge on any atom is -0.465 e. The summed E-state index contributed by atoms with van der Waals surface area (Å²) >= 11 is 0. The summed E-state index contributed by atoms with van der Waals surface area (Å²) in [5, 5.41) is 2.44. The molecule has 0 aliphatic carbocycles. The first kappa shape index (κ1) is 12.8. The lowest BCUT2D eigenvalue weighted by Gasteiger charge is -2.09. The molecule has 92 valence electrons. The molecule has 0 saturated heterocycles. The second-order valence-electron chi connectivity index (χ2n) is 3.14. The van der Waals surface area contributed by atoms with Gasteiger partial charge in [-0.25, -0.2) is 9.59 Å². The van der Waals surface area contributed by atoms with E-state index in [1.165, 1.54) is 25.3 Å². The van der Waals surface area contributed by atoms with E-state index in [0.717, 1.165) is 0 Å². The Morgan fingerprint density at radius 3 is 2.71 bits per heavy atom. The minimum atomic E-state index is -0.624. The van der Waals surface area contributed by atoms with E-state index < -0.39 is 12.1 Å². The summed E-state index contributed by atoms with van der Waals surface area (Å²) in [6.45, 7) is 1.94. The maximum Gasteiger partial charge on any atom is 0.411 e. The van der Waals surface area contributed by atoms with Crippen molar-refractivity contribution in [2.75, 3.05) is 24.8 Å². The van der Waals surface area contributed by atoms with Crippen LogP contribution in [-0.2, 0) is 9.47 Å². The summed E-state index contributed by atoms with van der Waals surface area (Å²) in [4.78, 5) is 22.5. The highest BCUT2D eigenvalue weighted by Crippen LogP contribution is 2.20. The van der Waals surface area contributed by atoms with Crippen molar-refractivity contribution in [3.63, 3.8) is 0 Å². The van der Waals surface area contributed by atoms with Crippen molar-refractivity contribution in [2.24, 2.45) is 0 Å². The van der Waals surface area contributed by atoms with Gasteiger partial charge in [-0.15, -0.1) is 0 Å². The van der Waals surface area contributed by atoms with Gasteiger partial charge in [0.25, 0.3) is 0 Å². The molecule has 6 nitrogen and oxygen atoms in total. The van der Waals surface area contributed by atoms with Crippen LogP contribution in [0.1, 0.15) is 17.3 Å². The number of nitrogen functional groups attached to an aromatic ring is 1. The lowest BCUT2D eigenvalue weighted by molar-refractivity contribution is 0.0600. The zero-order valence-corrected chi connectivity index (χ0v) is 9.65. The zero-order valence-electron chi connectivity index (χ0n) is 9.65. The van der Waals surface area contributed by atoms with Crippen LogP contribution in [0.15, 0.2) is 18.2 Å². The lowest BCUT2D eigenvalue weighted by Crippen LogP contribution is -2.15. The molecule has 0 radical (unpaired) electrons. The zero-order chi connectivity index (χ0) is 12.8. The quantitative estimate of drug-likeness (QED) is 0.616. The van der Waals surface area contributed by atoms with Gasteiger partial charge >= 0.3 is 12.1 Å². The highest BCUT2D eigenvalue weighted by atomic mass is 16.5.